The number of aryl methyl sites for hydroxylation is 1. The van der Waals surface area contributed by atoms with Gasteiger partial charge in [0.1, 0.15) is 12.7 Å². The van der Waals surface area contributed by atoms with Gasteiger partial charge in [0.25, 0.3) is 0 Å². The summed E-state index contributed by atoms with van der Waals surface area (Å²) in [6.07, 6.45) is 1.17. The lowest BCUT2D eigenvalue weighted by Crippen LogP contribution is -2.36. The van der Waals surface area contributed by atoms with E-state index in [0.29, 0.717) is 18.9 Å². The lowest BCUT2D eigenvalue weighted by Gasteiger charge is -2.31. The molecule has 29 heavy (non-hydrogen) atoms. The first kappa shape index (κ1) is 19.1. The Morgan fingerprint density at radius 2 is 2.00 bits per heavy atom. The number of pyridine rings is 1. The number of fused-ring (bicyclic) bond motifs is 2. The zero-order chi connectivity index (χ0) is 20.4. The van der Waals surface area contributed by atoms with E-state index in [1.54, 1.807) is 7.11 Å². The van der Waals surface area contributed by atoms with E-state index < -0.39 is 5.41 Å². The quantitative estimate of drug-likeness (QED) is 0.627. The Morgan fingerprint density at radius 3 is 2.72 bits per heavy atom. The molecule has 0 spiro atoms. The Bertz CT molecular complexity index is 1090. The summed E-state index contributed by atoms with van der Waals surface area (Å²) < 4.78 is 17.4. The standard InChI is InChI=1S/C24H24N2O3/c1-4-16-11-17-9-10-18(12-20(17)26-23(16)27-3)24(2,15-25)13-19-14-28-21-7-5-6-8-22(21)29-19/h5-12,19H,4,13-14H2,1-3H3. The first-order chi connectivity index (χ1) is 14.1. The lowest BCUT2D eigenvalue weighted by molar-refractivity contribution is 0.0744. The molecule has 2 atom stereocenters. The summed E-state index contributed by atoms with van der Waals surface area (Å²) >= 11 is 0. The highest BCUT2D eigenvalue weighted by atomic mass is 16.6. The number of rotatable bonds is 5. The number of nitrogens with zero attached hydrogens (tertiary/aromatic N) is 2. The van der Waals surface area contributed by atoms with Gasteiger partial charge < -0.3 is 14.2 Å². The number of methoxy groups -OCH3 is 1. The van der Waals surface area contributed by atoms with Crippen molar-refractivity contribution in [3.05, 3.63) is 59.7 Å². The first-order valence-corrected chi connectivity index (χ1v) is 9.84. The molecule has 1 aliphatic rings. The van der Waals surface area contributed by atoms with Gasteiger partial charge in [0.2, 0.25) is 5.88 Å². The van der Waals surface area contributed by atoms with Gasteiger partial charge in [-0.2, -0.15) is 5.26 Å². The Kier molecular flexibility index (Phi) is 5.02. The molecule has 0 radical (unpaired) electrons. The topological polar surface area (TPSA) is 64.4 Å². The van der Waals surface area contributed by atoms with E-state index in [2.05, 4.69) is 24.0 Å². The number of benzene rings is 2. The minimum absolute atomic E-state index is 0.199. The van der Waals surface area contributed by atoms with Crippen molar-refractivity contribution >= 4 is 10.9 Å². The summed E-state index contributed by atoms with van der Waals surface area (Å²) in [6.45, 7) is 4.44. The minimum atomic E-state index is -0.729. The lowest BCUT2D eigenvalue weighted by atomic mass is 9.78. The van der Waals surface area contributed by atoms with Gasteiger partial charge in [-0.25, -0.2) is 4.98 Å². The van der Waals surface area contributed by atoms with Crippen LogP contribution >= 0.6 is 0 Å². The monoisotopic (exact) mass is 388 g/mol. The van der Waals surface area contributed by atoms with Crippen molar-refractivity contribution in [2.24, 2.45) is 0 Å². The maximum absolute atomic E-state index is 10.0. The maximum atomic E-state index is 10.0. The fraction of sp³-hybridized carbons (Fsp3) is 0.333. The van der Waals surface area contributed by atoms with Gasteiger partial charge in [0.15, 0.2) is 11.5 Å². The van der Waals surface area contributed by atoms with Crippen LogP contribution in [0.5, 0.6) is 17.4 Å². The molecule has 5 heteroatoms. The van der Waals surface area contributed by atoms with E-state index in [9.17, 15) is 5.26 Å². The van der Waals surface area contributed by atoms with Crippen molar-refractivity contribution in [2.75, 3.05) is 13.7 Å². The van der Waals surface area contributed by atoms with Crippen LogP contribution < -0.4 is 14.2 Å². The van der Waals surface area contributed by atoms with Gasteiger partial charge in [-0.05, 0) is 43.2 Å². The number of hydrogen-bond donors (Lipinski definition) is 0. The van der Waals surface area contributed by atoms with E-state index in [4.69, 9.17) is 14.2 Å². The number of aromatic nitrogens is 1. The maximum Gasteiger partial charge on any atom is 0.216 e. The van der Waals surface area contributed by atoms with E-state index in [1.165, 1.54) is 0 Å². The number of ether oxygens (including phenoxy) is 3. The highest BCUT2D eigenvalue weighted by Gasteiger charge is 2.34. The molecular weight excluding hydrogens is 364 g/mol. The average molecular weight is 388 g/mol. The second-order valence-corrected chi connectivity index (χ2v) is 7.56. The number of para-hydroxylation sites is 2. The molecule has 0 saturated heterocycles. The molecule has 0 saturated carbocycles. The van der Waals surface area contributed by atoms with Crippen LogP contribution in [0.2, 0.25) is 0 Å². The first-order valence-electron chi connectivity index (χ1n) is 9.84. The van der Waals surface area contributed by atoms with Crippen LogP contribution in [0.3, 0.4) is 0 Å². The highest BCUT2D eigenvalue weighted by molar-refractivity contribution is 5.81. The van der Waals surface area contributed by atoms with Crippen molar-refractivity contribution in [3.8, 4) is 23.4 Å². The molecule has 0 bridgehead atoms. The summed E-state index contributed by atoms with van der Waals surface area (Å²) in [7, 11) is 1.63. The fourth-order valence-corrected chi connectivity index (χ4v) is 3.81. The van der Waals surface area contributed by atoms with Gasteiger partial charge in [0.05, 0.1) is 24.1 Å². The van der Waals surface area contributed by atoms with Crippen molar-refractivity contribution < 1.29 is 14.2 Å². The van der Waals surface area contributed by atoms with Gasteiger partial charge in [-0.1, -0.05) is 31.2 Å². The fourth-order valence-electron chi connectivity index (χ4n) is 3.81. The van der Waals surface area contributed by atoms with Gasteiger partial charge >= 0.3 is 0 Å². The molecule has 0 amide bonds. The molecule has 4 rings (SSSR count). The molecule has 0 fully saturated rings. The molecule has 2 unspecified atom stereocenters. The van der Waals surface area contributed by atoms with E-state index in [1.807, 2.05) is 49.4 Å². The molecular formula is C24H24N2O3. The van der Waals surface area contributed by atoms with Crippen LogP contribution in [-0.4, -0.2) is 24.8 Å². The third-order valence-electron chi connectivity index (χ3n) is 5.52. The SMILES string of the molecule is CCc1cc2ccc(C(C)(C#N)CC3COc4ccccc4O3)cc2nc1OC. The Morgan fingerprint density at radius 1 is 1.21 bits per heavy atom. The predicted octanol–water partition coefficient (Wildman–Crippen LogP) is 4.82. The second-order valence-electron chi connectivity index (χ2n) is 7.56. The van der Waals surface area contributed by atoms with Crippen LogP contribution in [0.1, 0.15) is 31.4 Å². The van der Waals surface area contributed by atoms with Crippen molar-refractivity contribution in [2.45, 2.75) is 38.2 Å². The van der Waals surface area contributed by atoms with Gasteiger partial charge in [0, 0.05) is 17.4 Å². The van der Waals surface area contributed by atoms with Crippen molar-refractivity contribution in [1.82, 2.24) is 4.98 Å². The Labute approximate surface area is 170 Å². The second kappa shape index (κ2) is 7.63. The van der Waals surface area contributed by atoms with Crippen LogP contribution in [0.25, 0.3) is 10.9 Å². The summed E-state index contributed by atoms with van der Waals surface area (Å²) in [6, 6.07) is 18.2. The molecule has 3 aromatic rings. The molecule has 0 N–H and O–H groups in total. The zero-order valence-electron chi connectivity index (χ0n) is 16.9. The van der Waals surface area contributed by atoms with Crippen molar-refractivity contribution in [1.29, 1.82) is 5.26 Å². The van der Waals surface area contributed by atoms with Gasteiger partial charge in [-0.3, -0.25) is 0 Å². The molecule has 0 aliphatic carbocycles. The molecule has 5 nitrogen and oxygen atoms in total. The van der Waals surface area contributed by atoms with Crippen LogP contribution in [0.4, 0.5) is 0 Å². The number of hydrogen-bond acceptors (Lipinski definition) is 5. The molecule has 2 heterocycles. The summed E-state index contributed by atoms with van der Waals surface area (Å²) in [4.78, 5) is 4.66. The van der Waals surface area contributed by atoms with Crippen LogP contribution in [0.15, 0.2) is 48.5 Å². The smallest absolute Gasteiger partial charge is 0.216 e. The molecule has 148 valence electrons. The Hall–Kier alpha value is -3.26. The van der Waals surface area contributed by atoms with Crippen molar-refractivity contribution in [3.63, 3.8) is 0 Å². The van der Waals surface area contributed by atoms with Crippen LogP contribution in [0, 0.1) is 11.3 Å². The third-order valence-corrected chi connectivity index (χ3v) is 5.52. The normalized spacial score (nSPS) is 17.4. The molecule has 1 aliphatic heterocycles. The third kappa shape index (κ3) is 3.58. The number of nitriles is 1. The summed E-state index contributed by atoms with van der Waals surface area (Å²) in [5.41, 5.74) is 2.08. The van der Waals surface area contributed by atoms with E-state index >= 15 is 0 Å². The molecule has 2 aromatic carbocycles. The predicted molar refractivity (Wildman–Crippen MR) is 112 cm³/mol. The Balaban J connectivity index is 1.64. The minimum Gasteiger partial charge on any atom is -0.486 e. The van der Waals surface area contributed by atoms with Gasteiger partial charge in [-0.15, -0.1) is 0 Å². The van der Waals surface area contributed by atoms with E-state index in [-0.39, 0.29) is 6.10 Å². The highest BCUT2D eigenvalue weighted by Crippen LogP contribution is 2.37. The largest absolute Gasteiger partial charge is 0.486 e. The molecule has 1 aromatic heterocycles. The van der Waals surface area contributed by atoms with Crippen LogP contribution in [-0.2, 0) is 11.8 Å². The summed E-state index contributed by atoms with van der Waals surface area (Å²) in [5.74, 6) is 2.11. The zero-order valence-corrected chi connectivity index (χ0v) is 16.9. The summed E-state index contributed by atoms with van der Waals surface area (Å²) in [5, 5.41) is 11.1. The average Bonchev–Trinajstić information content (AvgIpc) is 2.77. The van der Waals surface area contributed by atoms with E-state index in [0.717, 1.165) is 39.9 Å².